The molecule has 0 saturated carbocycles. The minimum atomic E-state index is 0.198. The highest BCUT2D eigenvalue weighted by Gasteiger charge is 2.12. The number of aryl methyl sites for hydroxylation is 1. The van der Waals surface area contributed by atoms with Crippen LogP contribution in [0.4, 0.5) is 5.69 Å². The number of benzene rings is 1. The Morgan fingerprint density at radius 1 is 1.30 bits per heavy atom. The first-order valence-corrected chi connectivity index (χ1v) is 7.71. The quantitative estimate of drug-likeness (QED) is 0.829. The summed E-state index contributed by atoms with van der Waals surface area (Å²) >= 11 is 1.69. The van der Waals surface area contributed by atoms with E-state index in [9.17, 15) is 4.79 Å². The van der Waals surface area contributed by atoms with Crippen molar-refractivity contribution in [3.8, 4) is 0 Å². The Bertz CT molecular complexity index is 551. The lowest BCUT2D eigenvalue weighted by molar-refractivity contribution is -0.131. The maximum atomic E-state index is 12.3. The lowest BCUT2D eigenvalue weighted by Gasteiger charge is -2.20. The van der Waals surface area contributed by atoms with Gasteiger partial charge >= 0.3 is 0 Å². The average Bonchev–Trinajstić information content (AvgIpc) is 2.95. The van der Waals surface area contributed by atoms with Crippen molar-refractivity contribution in [1.82, 2.24) is 4.90 Å². The Labute approximate surface area is 124 Å². The van der Waals surface area contributed by atoms with Crippen molar-refractivity contribution in [2.45, 2.75) is 26.3 Å². The van der Waals surface area contributed by atoms with Crippen LogP contribution in [0.1, 0.15) is 23.8 Å². The predicted molar refractivity (Wildman–Crippen MR) is 84.6 cm³/mol. The number of hydrogen-bond donors (Lipinski definition) is 1. The molecule has 0 aliphatic heterocycles. The zero-order chi connectivity index (χ0) is 14.4. The monoisotopic (exact) mass is 288 g/mol. The molecule has 4 heteroatoms. The van der Waals surface area contributed by atoms with Crippen LogP contribution in [0.2, 0.25) is 0 Å². The highest BCUT2D eigenvalue weighted by Crippen LogP contribution is 2.14. The van der Waals surface area contributed by atoms with Gasteiger partial charge in [-0.2, -0.15) is 0 Å². The Morgan fingerprint density at radius 2 is 2.15 bits per heavy atom. The average molecular weight is 288 g/mol. The molecule has 0 bridgehead atoms. The molecule has 3 nitrogen and oxygen atoms in total. The van der Waals surface area contributed by atoms with Gasteiger partial charge in [0, 0.05) is 23.5 Å². The Kier molecular flexibility index (Phi) is 5.18. The van der Waals surface area contributed by atoms with Gasteiger partial charge in [-0.15, -0.1) is 11.3 Å². The van der Waals surface area contributed by atoms with Crippen molar-refractivity contribution in [1.29, 1.82) is 0 Å². The minimum Gasteiger partial charge on any atom is -0.399 e. The number of nitrogens with zero attached hydrogens (tertiary/aromatic N) is 1. The topological polar surface area (TPSA) is 46.3 Å². The zero-order valence-electron chi connectivity index (χ0n) is 11.7. The van der Waals surface area contributed by atoms with Crippen LogP contribution in [-0.2, 0) is 17.8 Å². The standard InChI is InChI=1S/C16H20N2OS/c1-2-18(12-15-7-4-10-20-15)16(19)9-8-13-5-3-6-14(17)11-13/h3-7,10-11H,2,8-9,12,17H2,1H3. The van der Waals surface area contributed by atoms with Crippen molar-refractivity contribution < 1.29 is 4.79 Å². The van der Waals surface area contributed by atoms with E-state index in [1.807, 2.05) is 47.5 Å². The summed E-state index contributed by atoms with van der Waals surface area (Å²) in [4.78, 5) is 15.4. The number of hydrogen-bond acceptors (Lipinski definition) is 3. The van der Waals surface area contributed by atoms with Gasteiger partial charge in [0.1, 0.15) is 0 Å². The van der Waals surface area contributed by atoms with Gasteiger partial charge in [0.05, 0.1) is 6.54 Å². The molecule has 0 unspecified atom stereocenters. The summed E-state index contributed by atoms with van der Waals surface area (Å²) in [6, 6.07) is 11.8. The van der Waals surface area contributed by atoms with E-state index < -0.39 is 0 Å². The maximum Gasteiger partial charge on any atom is 0.223 e. The smallest absolute Gasteiger partial charge is 0.223 e. The van der Waals surface area contributed by atoms with Gasteiger partial charge in [0.15, 0.2) is 0 Å². The lowest BCUT2D eigenvalue weighted by Crippen LogP contribution is -2.30. The van der Waals surface area contributed by atoms with Crippen LogP contribution in [0, 0.1) is 0 Å². The first kappa shape index (κ1) is 14.6. The molecule has 0 saturated heterocycles. The Balaban J connectivity index is 1.89. The molecule has 1 aromatic heterocycles. The summed E-state index contributed by atoms with van der Waals surface area (Å²) in [5, 5.41) is 2.04. The second kappa shape index (κ2) is 7.10. The van der Waals surface area contributed by atoms with E-state index in [-0.39, 0.29) is 5.91 Å². The first-order chi connectivity index (χ1) is 9.69. The number of amides is 1. The summed E-state index contributed by atoms with van der Waals surface area (Å²) in [5.74, 6) is 0.198. The number of carbonyl (C=O) groups excluding carboxylic acids is 1. The molecule has 2 N–H and O–H groups in total. The fourth-order valence-electron chi connectivity index (χ4n) is 2.12. The summed E-state index contributed by atoms with van der Waals surface area (Å²) in [6.07, 6.45) is 1.27. The SMILES string of the molecule is CCN(Cc1cccs1)C(=O)CCc1cccc(N)c1. The van der Waals surface area contributed by atoms with Crippen LogP contribution < -0.4 is 5.73 Å². The number of nitrogen functional groups attached to an aromatic ring is 1. The Morgan fingerprint density at radius 3 is 2.80 bits per heavy atom. The van der Waals surface area contributed by atoms with Gasteiger partial charge in [-0.1, -0.05) is 18.2 Å². The van der Waals surface area contributed by atoms with Gasteiger partial charge in [-0.25, -0.2) is 0 Å². The number of rotatable bonds is 6. The van der Waals surface area contributed by atoms with E-state index in [1.54, 1.807) is 11.3 Å². The highest BCUT2D eigenvalue weighted by atomic mass is 32.1. The van der Waals surface area contributed by atoms with Crippen LogP contribution >= 0.6 is 11.3 Å². The third-order valence-corrected chi connectivity index (χ3v) is 4.10. The molecule has 0 aliphatic carbocycles. The molecular formula is C16H20N2OS. The van der Waals surface area contributed by atoms with Crippen LogP contribution in [-0.4, -0.2) is 17.4 Å². The molecule has 2 aromatic rings. The van der Waals surface area contributed by atoms with Crippen molar-refractivity contribution in [3.05, 3.63) is 52.2 Å². The van der Waals surface area contributed by atoms with E-state index in [0.717, 1.165) is 24.2 Å². The molecule has 20 heavy (non-hydrogen) atoms. The van der Waals surface area contributed by atoms with Crippen LogP contribution in [0.3, 0.4) is 0 Å². The Hall–Kier alpha value is -1.81. The van der Waals surface area contributed by atoms with Crippen LogP contribution in [0.15, 0.2) is 41.8 Å². The van der Waals surface area contributed by atoms with Crippen molar-refractivity contribution in [2.24, 2.45) is 0 Å². The largest absolute Gasteiger partial charge is 0.399 e. The maximum absolute atomic E-state index is 12.3. The van der Waals surface area contributed by atoms with Crippen LogP contribution in [0.25, 0.3) is 0 Å². The predicted octanol–water partition coefficient (Wildman–Crippen LogP) is 3.31. The molecule has 0 spiro atoms. The highest BCUT2D eigenvalue weighted by molar-refractivity contribution is 7.09. The lowest BCUT2D eigenvalue weighted by atomic mass is 10.1. The molecule has 2 rings (SSSR count). The molecule has 0 radical (unpaired) electrons. The number of anilines is 1. The van der Waals surface area contributed by atoms with Crippen LogP contribution in [0.5, 0.6) is 0 Å². The molecular weight excluding hydrogens is 268 g/mol. The molecule has 1 heterocycles. The molecule has 106 valence electrons. The summed E-state index contributed by atoms with van der Waals surface area (Å²) in [5.41, 5.74) is 7.61. The van der Waals surface area contributed by atoms with E-state index >= 15 is 0 Å². The number of nitrogens with two attached hydrogens (primary N) is 1. The normalized spacial score (nSPS) is 10.4. The molecule has 1 aromatic carbocycles. The first-order valence-electron chi connectivity index (χ1n) is 6.83. The van der Waals surface area contributed by atoms with E-state index in [4.69, 9.17) is 5.73 Å². The van der Waals surface area contributed by atoms with Crippen molar-refractivity contribution in [3.63, 3.8) is 0 Å². The second-order valence-electron chi connectivity index (χ2n) is 4.73. The van der Waals surface area contributed by atoms with Gasteiger partial charge in [-0.05, 0) is 42.5 Å². The third-order valence-electron chi connectivity index (χ3n) is 3.24. The fraction of sp³-hybridized carbons (Fsp3) is 0.312. The zero-order valence-corrected chi connectivity index (χ0v) is 12.5. The van der Waals surface area contributed by atoms with Gasteiger partial charge in [0.2, 0.25) is 5.91 Å². The molecule has 1 amide bonds. The summed E-state index contributed by atoms with van der Waals surface area (Å²) < 4.78 is 0. The number of thiophene rings is 1. The van der Waals surface area contributed by atoms with Gasteiger partial charge in [-0.3, -0.25) is 4.79 Å². The molecule has 0 fully saturated rings. The second-order valence-corrected chi connectivity index (χ2v) is 5.76. The summed E-state index contributed by atoms with van der Waals surface area (Å²) in [7, 11) is 0. The number of carbonyl (C=O) groups is 1. The molecule has 0 aliphatic rings. The van der Waals surface area contributed by atoms with E-state index in [2.05, 4.69) is 6.07 Å². The van der Waals surface area contributed by atoms with Crippen molar-refractivity contribution >= 4 is 22.9 Å². The van der Waals surface area contributed by atoms with Gasteiger partial charge < -0.3 is 10.6 Å². The van der Waals surface area contributed by atoms with E-state index in [1.165, 1.54) is 4.88 Å². The van der Waals surface area contributed by atoms with Crippen molar-refractivity contribution in [2.75, 3.05) is 12.3 Å². The fourth-order valence-corrected chi connectivity index (χ4v) is 2.84. The van der Waals surface area contributed by atoms with Gasteiger partial charge in [0.25, 0.3) is 0 Å². The third kappa shape index (κ3) is 4.10. The summed E-state index contributed by atoms with van der Waals surface area (Å²) in [6.45, 7) is 3.48. The molecule has 0 atom stereocenters. The minimum absolute atomic E-state index is 0.198. The van der Waals surface area contributed by atoms with E-state index in [0.29, 0.717) is 13.0 Å².